The summed E-state index contributed by atoms with van der Waals surface area (Å²) in [6.45, 7) is -0.291. The van der Waals surface area contributed by atoms with Crippen LogP contribution >= 0.6 is 46.4 Å². The zero-order valence-corrected chi connectivity index (χ0v) is 22.3. The van der Waals surface area contributed by atoms with E-state index < -0.39 is 30.3 Å². The van der Waals surface area contributed by atoms with Crippen LogP contribution in [0.15, 0.2) is 42.5 Å². The Morgan fingerprint density at radius 3 is 2.08 bits per heavy atom. The Bertz CT molecular complexity index is 1370. The van der Waals surface area contributed by atoms with Gasteiger partial charge in [0.25, 0.3) is 17.7 Å². The molecule has 0 atom stereocenters. The number of imide groups is 1. The van der Waals surface area contributed by atoms with Gasteiger partial charge in [-0.3, -0.25) is 24.1 Å². The van der Waals surface area contributed by atoms with Gasteiger partial charge in [-0.05, 0) is 24.3 Å². The first-order chi connectivity index (χ1) is 17.7. The zero-order valence-electron chi connectivity index (χ0n) is 19.3. The molecule has 3 aromatic carbocycles. The van der Waals surface area contributed by atoms with E-state index in [1.807, 2.05) is 36.4 Å². The highest BCUT2D eigenvalue weighted by Crippen LogP contribution is 2.44. The van der Waals surface area contributed by atoms with Crippen molar-refractivity contribution in [3.63, 3.8) is 0 Å². The summed E-state index contributed by atoms with van der Waals surface area (Å²) < 4.78 is 5.07. The van der Waals surface area contributed by atoms with Gasteiger partial charge in [0.05, 0.1) is 31.2 Å². The molecular formula is C26H20Cl4N2O5. The fourth-order valence-electron chi connectivity index (χ4n) is 4.05. The van der Waals surface area contributed by atoms with Crippen LogP contribution in [0.4, 0.5) is 5.69 Å². The lowest BCUT2D eigenvalue weighted by molar-refractivity contribution is -0.147. The Labute approximate surface area is 232 Å². The van der Waals surface area contributed by atoms with Crippen molar-refractivity contribution < 1.29 is 23.9 Å². The van der Waals surface area contributed by atoms with Gasteiger partial charge in [0.15, 0.2) is 6.61 Å². The molecule has 0 spiro atoms. The van der Waals surface area contributed by atoms with E-state index >= 15 is 0 Å². The van der Waals surface area contributed by atoms with Crippen LogP contribution in [0.1, 0.15) is 46.4 Å². The van der Waals surface area contributed by atoms with Gasteiger partial charge in [-0.25, -0.2) is 0 Å². The lowest BCUT2D eigenvalue weighted by atomic mass is 10.1. The predicted molar refractivity (Wildman–Crippen MR) is 144 cm³/mol. The molecule has 0 bridgehead atoms. The van der Waals surface area contributed by atoms with E-state index in [0.717, 1.165) is 15.7 Å². The molecule has 0 aromatic heterocycles. The van der Waals surface area contributed by atoms with Crippen molar-refractivity contribution in [1.29, 1.82) is 0 Å². The molecule has 11 heteroatoms. The van der Waals surface area contributed by atoms with Crippen LogP contribution in [0.25, 0.3) is 10.8 Å². The number of hydrogen-bond acceptors (Lipinski definition) is 5. The molecule has 192 valence electrons. The lowest BCUT2D eigenvalue weighted by Crippen LogP contribution is -2.30. The van der Waals surface area contributed by atoms with Crippen molar-refractivity contribution in [2.24, 2.45) is 0 Å². The van der Waals surface area contributed by atoms with Crippen LogP contribution < -0.4 is 5.32 Å². The number of esters is 1. The van der Waals surface area contributed by atoms with Crippen molar-refractivity contribution in [3.05, 3.63) is 73.7 Å². The molecular weight excluding hydrogens is 562 g/mol. The highest BCUT2D eigenvalue weighted by molar-refractivity contribution is 6.55. The van der Waals surface area contributed by atoms with E-state index in [2.05, 4.69) is 5.32 Å². The van der Waals surface area contributed by atoms with Gasteiger partial charge in [-0.2, -0.15) is 0 Å². The Hall–Kier alpha value is -2.84. The number of anilines is 1. The average molecular weight is 582 g/mol. The minimum atomic E-state index is -0.595. The van der Waals surface area contributed by atoms with Gasteiger partial charge in [0.1, 0.15) is 0 Å². The molecule has 3 amide bonds. The topological polar surface area (TPSA) is 92.8 Å². The van der Waals surface area contributed by atoms with Crippen molar-refractivity contribution in [3.8, 4) is 0 Å². The van der Waals surface area contributed by atoms with Gasteiger partial charge >= 0.3 is 5.97 Å². The number of halogens is 4. The monoisotopic (exact) mass is 580 g/mol. The summed E-state index contributed by atoms with van der Waals surface area (Å²) >= 11 is 24.3. The van der Waals surface area contributed by atoms with E-state index in [4.69, 9.17) is 51.1 Å². The summed E-state index contributed by atoms with van der Waals surface area (Å²) in [5.41, 5.74) is 0.521. The molecule has 1 heterocycles. The summed E-state index contributed by atoms with van der Waals surface area (Å²) in [5, 5.41) is 4.24. The van der Waals surface area contributed by atoms with Gasteiger partial charge in [-0.15, -0.1) is 0 Å². The summed E-state index contributed by atoms with van der Waals surface area (Å²) in [6, 6.07) is 13.2. The summed E-state index contributed by atoms with van der Waals surface area (Å²) in [7, 11) is 0. The van der Waals surface area contributed by atoms with Gasteiger partial charge in [0, 0.05) is 24.0 Å². The van der Waals surface area contributed by atoms with Crippen LogP contribution in [0.3, 0.4) is 0 Å². The third-order valence-electron chi connectivity index (χ3n) is 5.88. The first-order valence-corrected chi connectivity index (χ1v) is 12.9. The summed E-state index contributed by atoms with van der Waals surface area (Å²) in [4.78, 5) is 50.7. The van der Waals surface area contributed by atoms with Crippen molar-refractivity contribution in [2.75, 3.05) is 18.5 Å². The first kappa shape index (κ1) is 27.2. The number of nitrogens with zero attached hydrogens (tertiary/aromatic N) is 1. The molecule has 0 unspecified atom stereocenters. The Kier molecular flexibility index (Phi) is 8.60. The number of benzene rings is 3. The number of amides is 3. The number of hydrogen-bond donors (Lipinski definition) is 1. The minimum absolute atomic E-state index is 0.0589. The van der Waals surface area contributed by atoms with E-state index in [9.17, 15) is 19.2 Å². The Morgan fingerprint density at radius 2 is 1.41 bits per heavy atom. The van der Waals surface area contributed by atoms with Crippen LogP contribution in [-0.4, -0.2) is 41.7 Å². The Balaban J connectivity index is 1.20. The van der Waals surface area contributed by atoms with Gasteiger partial charge in [-0.1, -0.05) is 89.2 Å². The molecule has 0 saturated carbocycles. The molecule has 0 saturated heterocycles. The van der Waals surface area contributed by atoms with Crippen LogP contribution in [0.2, 0.25) is 20.1 Å². The molecule has 0 radical (unpaired) electrons. The normalized spacial score (nSPS) is 12.7. The lowest BCUT2D eigenvalue weighted by Gasteiger charge is -2.13. The van der Waals surface area contributed by atoms with E-state index in [0.29, 0.717) is 24.9 Å². The second-order valence-electron chi connectivity index (χ2n) is 8.31. The fraction of sp³-hybridized carbons (Fsp3) is 0.231. The van der Waals surface area contributed by atoms with Crippen molar-refractivity contribution >= 4 is 86.6 Å². The second kappa shape index (κ2) is 11.7. The third-order valence-corrected chi connectivity index (χ3v) is 7.68. The Morgan fingerprint density at radius 1 is 0.784 bits per heavy atom. The standard InChI is InChI=1S/C26H20Cl4N2O5/c27-21-19-20(22(28)24(30)23(21)29)26(36)32(25(19)35)12-5-1-2-11-18(34)37-13-17(33)31-16-10-6-8-14-7-3-4-9-15(14)16/h3-4,6-10H,1-2,5,11-13H2,(H,31,33). The second-order valence-corrected chi connectivity index (χ2v) is 9.83. The van der Waals surface area contributed by atoms with Gasteiger partial charge in [0.2, 0.25) is 0 Å². The number of fused-ring (bicyclic) bond motifs is 2. The molecule has 0 aliphatic carbocycles. The predicted octanol–water partition coefficient (Wildman–Crippen LogP) is 6.79. The van der Waals surface area contributed by atoms with Crippen molar-refractivity contribution in [1.82, 2.24) is 4.90 Å². The maximum Gasteiger partial charge on any atom is 0.306 e. The molecule has 37 heavy (non-hydrogen) atoms. The van der Waals surface area contributed by atoms with Gasteiger partial charge < -0.3 is 10.1 Å². The smallest absolute Gasteiger partial charge is 0.306 e. The van der Waals surface area contributed by atoms with Crippen LogP contribution in [-0.2, 0) is 14.3 Å². The van der Waals surface area contributed by atoms with E-state index in [-0.39, 0.29) is 44.2 Å². The van der Waals surface area contributed by atoms with E-state index in [1.165, 1.54) is 0 Å². The number of carbonyl (C=O) groups excluding carboxylic acids is 4. The quantitative estimate of drug-likeness (QED) is 0.0987. The molecule has 4 rings (SSSR count). The number of ether oxygens (including phenoxy) is 1. The van der Waals surface area contributed by atoms with E-state index in [1.54, 1.807) is 6.07 Å². The van der Waals surface area contributed by atoms with Crippen LogP contribution in [0.5, 0.6) is 0 Å². The zero-order chi connectivity index (χ0) is 26.7. The molecule has 3 aromatic rings. The molecule has 0 fully saturated rings. The largest absolute Gasteiger partial charge is 0.456 e. The van der Waals surface area contributed by atoms with Crippen molar-refractivity contribution in [2.45, 2.75) is 25.7 Å². The number of unbranched alkanes of at least 4 members (excludes halogenated alkanes) is 2. The number of carbonyl (C=O) groups is 4. The maximum atomic E-state index is 12.7. The highest BCUT2D eigenvalue weighted by atomic mass is 35.5. The maximum absolute atomic E-state index is 12.7. The molecule has 1 aliphatic heterocycles. The summed E-state index contributed by atoms with van der Waals surface area (Å²) in [5.74, 6) is -2.14. The minimum Gasteiger partial charge on any atom is -0.456 e. The fourth-order valence-corrected chi connectivity index (χ4v) is 5.07. The SMILES string of the molecule is O=C(COC(=O)CCCCCN1C(=O)c2c(Cl)c(Cl)c(Cl)c(Cl)c2C1=O)Nc1cccc2ccccc12. The summed E-state index contributed by atoms with van der Waals surface area (Å²) in [6.07, 6.45) is 1.52. The highest BCUT2D eigenvalue weighted by Gasteiger charge is 2.41. The third kappa shape index (κ3) is 5.70. The molecule has 1 aliphatic rings. The molecule has 1 N–H and O–H groups in total. The first-order valence-electron chi connectivity index (χ1n) is 11.4. The molecule has 7 nitrogen and oxygen atoms in total. The average Bonchev–Trinajstić information content (AvgIpc) is 3.14. The number of nitrogens with one attached hydrogen (secondary N) is 1. The van der Waals surface area contributed by atoms with Crippen LogP contribution in [0, 0.1) is 0 Å². The number of rotatable bonds is 9.